The van der Waals surface area contributed by atoms with Gasteiger partial charge in [-0.2, -0.15) is 5.26 Å². The maximum atomic E-state index is 13.4. The Balaban J connectivity index is 1.75. The van der Waals surface area contributed by atoms with Crippen LogP contribution in [-0.2, 0) is 4.79 Å². The number of carbonyl (C=O) groups excluding carboxylic acids is 1. The first-order valence-corrected chi connectivity index (χ1v) is 8.37. The van der Waals surface area contributed by atoms with E-state index in [4.69, 9.17) is 5.26 Å². The van der Waals surface area contributed by atoms with Gasteiger partial charge in [-0.1, -0.05) is 20.8 Å². The van der Waals surface area contributed by atoms with Gasteiger partial charge in [0.05, 0.1) is 19.2 Å². The molecular formula is C17H28FN3O. The SMILES string of the molecule is CC(C)(C)C1CCC(NCC(=O)N2C[C@@H](F)C[C@H]2C#N)CC1. The normalized spacial score (nSPS) is 32.8. The number of carbonyl (C=O) groups is 1. The second kappa shape index (κ2) is 6.95. The highest BCUT2D eigenvalue weighted by Crippen LogP contribution is 2.37. The number of halogens is 1. The van der Waals surface area contributed by atoms with E-state index in [1.54, 1.807) is 0 Å². The summed E-state index contributed by atoms with van der Waals surface area (Å²) in [5.41, 5.74) is 0.354. The summed E-state index contributed by atoms with van der Waals surface area (Å²) in [5, 5.41) is 12.3. The third kappa shape index (κ3) is 4.19. The molecule has 1 N–H and O–H groups in total. The largest absolute Gasteiger partial charge is 0.323 e. The Kier molecular flexibility index (Phi) is 5.44. The number of likely N-dealkylation sites (tertiary alicyclic amines) is 1. The first-order chi connectivity index (χ1) is 10.3. The molecule has 124 valence electrons. The van der Waals surface area contributed by atoms with Crippen molar-refractivity contribution in [2.45, 2.75) is 71.1 Å². The molecule has 0 aromatic heterocycles. The van der Waals surface area contributed by atoms with Gasteiger partial charge in [0.2, 0.25) is 5.91 Å². The first kappa shape index (κ1) is 17.2. The number of hydrogen-bond donors (Lipinski definition) is 1. The van der Waals surface area contributed by atoms with Crippen LogP contribution in [0.5, 0.6) is 0 Å². The zero-order valence-electron chi connectivity index (χ0n) is 13.9. The third-order valence-corrected chi connectivity index (χ3v) is 5.21. The summed E-state index contributed by atoms with van der Waals surface area (Å²) >= 11 is 0. The second-order valence-corrected chi connectivity index (χ2v) is 7.82. The van der Waals surface area contributed by atoms with Crippen LogP contribution in [0.25, 0.3) is 0 Å². The van der Waals surface area contributed by atoms with Gasteiger partial charge in [0.25, 0.3) is 0 Å². The standard InChI is InChI=1S/C17H28FN3O/c1-17(2,3)12-4-6-14(7-5-12)20-10-16(22)21-11-13(18)8-15(21)9-19/h12-15,20H,4-8,10-11H2,1-3H3/t12?,13-,14?,15-/m0/s1. The van der Waals surface area contributed by atoms with Crippen LogP contribution >= 0.6 is 0 Å². The van der Waals surface area contributed by atoms with Gasteiger partial charge < -0.3 is 10.2 Å². The smallest absolute Gasteiger partial charge is 0.237 e. The van der Waals surface area contributed by atoms with Crippen molar-refractivity contribution in [3.8, 4) is 6.07 Å². The Hall–Kier alpha value is -1.15. The van der Waals surface area contributed by atoms with Crippen LogP contribution < -0.4 is 5.32 Å². The van der Waals surface area contributed by atoms with Crippen molar-refractivity contribution < 1.29 is 9.18 Å². The molecule has 0 radical (unpaired) electrons. The molecule has 4 nitrogen and oxygen atoms in total. The zero-order valence-corrected chi connectivity index (χ0v) is 13.9. The van der Waals surface area contributed by atoms with Gasteiger partial charge in [-0.05, 0) is 37.0 Å². The topological polar surface area (TPSA) is 56.1 Å². The predicted molar refractivity (Wildman–Crippen MR) is 83.8 cm³/mol. The predicted octanol–water partition coefficient (Wildman–Crippen LogP) is 2.64. The summed E-state index contributed by atoms with van der Waals surface area (Å²) in [6.45, 7) is 7.15. The van der Waals surface area contributed by atoms with Crippen LogP contribution in [0.2, 0.25) is 0 Å². The molecule has 0 bridgehead atoms. The number of amides is 1. The fraction of sp³-hybridized carbons (Fsp3) is 0.882. The third-order valence-electron chi connectivity index (χ3n) is 5.21. The molecule has 0 unspecified atom stereocenters. The Morgan fingerprint density at radius 3 is 2.50 bits per heavy atom. The highest BCUT2D eigenvalue weighted by Gasteiger charge is 2.35. The van der Waals surface area contributed by atoms with Crippen molar-refractivity contribution in [2.75, 3.05) is 13.1 Å². The lowest BCUT2D eigenvalue weighted by molar-refractivity contribution is -0.130. The van der Waals surface area contributed by atoms with Crippen molar-refractivity contribution in [2.24, 2.45) is 11.3 Å². The van der Waals surface area contributed by atoms with E-state index >= 15 is 0 Å². The molecule has 0 spiro atoms. The van der Waals surface area contributed by atoms with Crippen LogP contribution in [0.15, 0.2) is 0 Å². The molecule has 0 aromatic rings. The Morgan fingerprint density at radius 1 is 1.32 bits per heavy atom. The van der Waals surface area contributed by atoms with Crippen molar-refractivity contribution in [1.29, 1.82) is 5.26 Å². The minimum Gasteiger partial charge on any atom is -0.323 e. The average Bonchev–Trinajstić information content (AvgIpc) is 2.85. The zero-order chi connectivity index (χ0) is 16.3. The minimum atomic E-state index is -1.06. The highest BCUT2D eigenvalue weighted by atomic mass is 19.1. The Labute approximate surface area is 133 Å². The molecule has 5 heteroatoms. The fourth-order valence-corrected chi connectivity index (χ4v) is 3.68. The monoisotopic (exact) mass is 309 g/mol. The van der Waals surface area contributed by atoms with E-state index in [9.17, 15) is 9.18 Å². The summed E-state index contributed by atoms with van der Waals surface area (Å²) < 4.78 is 13.4. The van der Waals surface area contributed by atoms with Crippen LogP contribution in [0.3, 0.4) is 0 Å². The number of nitriles is 1. The molecular weight excluding hydrogens is 281 g/mol. The average molecular weight is 309 g/mol. The molecule has 1 saturated carbocycles. The van der Waals surface area contributed by atoms with E-state index < -0.39 is 12.2 Å². The number of nitrogens with one attached hydrogen (secondary N) is 1. The van der Waals surface area contributed by atoms with E-state index in [0.717, 1.165) is 18.8 Å². The molecule has 1 heterocycles. The molecule has 2 atom stereocenters. The molecule has 2 aliphatic rings. The molecule has 22 heavy (non-hydrogen) atoms. The first-order valence-electron chi connectivity index (χ1n) is 8.37. The van der Waals surface area contributed by atoms with Gasteiger partial charge in [-0.15, -0.1) is 0 Å². The molecule has 2 fully saturated rings. The van der Waals surface area contributed by atoms with Crippen molar-refractivity contribution in [3.63, 3.8) is 0 Å². The Morgan fingerprint density at radius 2 is 1.95 bits per heavy atom. The lowest BCUT2D eigenvalue weighted by Gasteiger charge is -2.37. The highest BCUT2D eigenvalue weighted by molar-refractivity contribution is 5.79. The van der Waals surface area contributed by atoms with Crippen LogP contribution in [0, 0.1) is 22.7 Å². The lowest BCUT2D eigenvalue weighted by Crippen LogP contribution is -2.45. The minimum absolute atomic E-state index is 0.0650. The molecule has 1 aliphatic heterocycles. The van der Waals surface area contributed by atoms with E-state index in [2.05, 4.69) is 26.1 Å². The van der Waals surface area contributed by atoms with Gasteiger partial charge in [-0.25, -0.2) is 4.39 Å². The van der Waals surface area contributed by atoms with Gasteiger partial charge in [0.1, 0.15) is 12.2 Å². The van der Waals surface area contributed by atoms with E-state index in [1.807, 2.05) is 6.07 Å². The van der Waals surface area contributed by atoms with E-state index in [1.165, 1.54) is 17.7 Å². The summed E-state index contributed by atoms with van der Waals surface area (Å²) in [7, 11) is 0. The number of hydrogen-bond acceptors (Lipinski definition) is 3. The van der Waals surface area contributed by atoms with Gasteiger partial charge >= 0.3 is 0 Å². The van der Waals surface area contributed by atoms with Crippen molar-refractivity contribution in [3.05, 3.63) is 0 Å². The van der Waals surface area contributed by atoms with Gasteiger partial charge in [-0.3, -0.25) is 4.79 Å². The van der Waals surface area contributed by atoms with Crippen LogP contribution in [0.4, 0.5) is 4.39 Å². The summed E-state index contributed by atoms with van der Waals surface area (Å²) in [5.74, 6) is 0.597. The lowest BCUT2D eigenvalue weighted by atomic mass is 9.71. The van der Waals surface area contributed by atoms with Gasteiger partial charge in [0, 0.05) is 12.5 Å². The summed E-state index contributed by atoms with van der Waals surface area (Å²) in [4.78, 5) is 13.6. The van der Waals surface area contributed by atoms with Crippen molar-refractivity contribution in [1.82, 2.24) is 10.2 Å². The second-order valence-electron chi connectivity index (χ2n) is 7.82. The van der Waals surface area contributed by atoms with Crippen LogP contribution in [0.1, 0.15) is 52.9 Å². The Bertz CT molecular complexity index is 432. The summed E-state index contributed by atoms with van der Waals surface area (Å²) in [6.07, 6.45) is 3.64. The van der Waals surface area contributed by atoms with E-state index in [-0.39, 0.29) is 25.4 Å². The quantitative estimate of drug-likeness (QED) is 0.872. The van der Waals surface area contributed by atoms with Crippen molar-refractivity contribution >= 4 is 5.91 Å². The summed E-state index contributed by atoms with van der Waals surface area (Å²) in [6, 6.07) is 1.79. The van der Waals surface area contributed by atoms with Gasteiger partial charge in [0.15, 0.2) is 0 Å². The maximum absolute atomic E-state index is 13.4. The van der Waals surface area contributed by atoms with E-state index in [0.29, 0.717) is 11.5 Å². The van der Waals surface area contributed by atoms with Crippen LogP contribution in [-0.4, -0.2) is 42.2 Å². The molecule has 1 amide bonds. The molecule has 1 aliphatic carbocycles. The number of nitrogens with zero attached hydrogens (tertiary/aromatic N) is 2. The molecule has 2 rings (SSSR count). The number of rotatable bonds is 3. The molecule has 1 saturated heterocycles. The fourth-order valence-electron chi connectivity index (χ4n) is 3.68. The molecule has 0 aromatic carbocycles. The number of alkyl halides is 1. The maximum Gasteiger partial charge on any atom is 0.237 e.